The fourth-order valence-electron chi connectivity index (χ4n) is 1.27. The molecule has 6 nitrogen and oxygen atoms in total. The first kappa shape index (κ1) is 15.5. The highest BCUT2D eigenvalue weighted by atomic mass is 32.2. The van der Waals surface area contributed by atoms with Gasteiger partial charge in [0.1, 0.15) is 0 Å². The van der Waals surface area contributed by atoms with Gasteiger partial charge in [0.05, 0.1) is 17.4 Å². The van der Waals surface area contributed by atoms with E-state index in [1.165, 1.54) is 0 Å². The standard InChI is InChI=1S/C12H19N3O3S/c1-12(2,8-13)11(16)14-9-5-4-6-10(7-9)15-19(3,17)18/h4-7,15H,8,13H2,1-3H3,(H,14,16). The van der Waals surface area contributed by atoms with Crippen LogP contribution in [0, 0.1) is 5.41 Å². The molecule has 19 heavy (non-hydrogen) atoms. The molecule has 4 N–H and O–H groups in total. The SMILES string of the molecule is CC(C)(CN)C(=O)Nc1cccc(NS(C)(=O)=O)c1. The molecule has 0 aliphatic carbocycles. The van der Waals surface area contributed by atoms with Crippen molar-refractivity contribution < 1.29 is 13.2 Å². The molecule has 0 heterocycles. The second kappa shape index (κ2) is 5.58. The van der Waals surface area contributed by atoms with E-state index >= 15 is 0 Å². The van der Waals surface area contributed by atoms with Crippen LogP contribution in [0.5, 0.6) is 0 Å². The van der Waals surface area contributed by atoms with Crippen LogP contribution < -0.4 is 15.8 Å². The zero-order chi connectivity index (χ0) is 14.7. The van der Waals surface area contributed by atoms with Crippen LogP contribution in [-0.2, 0) is 14.8 Å². The van der Waals surface area contributed by atoms with E-state index in [0.29, 0.717) is 11.4 Å². The van der Waals surface area contributed by atoms with Gasteiger partial charge in [-0.25, -0.2) is 8.42 Å². The maximum Gasteiger partial charge on any atom is 0.231 e. The maximum absolute atomic E-state index is 11.9. The summed E-state index contributed by atoms with van der Waals surface area (Å²) in [5, 5.41) is 2.71. The first-order chi connectivity index (χ1) is 8.64. The van der Waals surface area contributed by atoms with Crippen LogP contribution in [-0.4, -0.2) is 27.1 Å². The summed E-state index contributed by atoms with van der Waals surface area (Å²) in [6.07, 6.45) is 1.07. The monoisotopic (exact) mass is 285 g/mol. The third kappa shape index (κ3) is 4.88. The molecule has 1 rings (SSSR count). The van der Waals surface area contributed by atoms with Crippen LogP contribution in [0.3, 0.4) is 0 Å². The second-order valence-electron chi connectivity index (χ2n) is 5.00. The molecule has 0 aliphatic heterocycles. The molecule has 7 heteroatoms. The van der Waals surface area contributed by atoms with Gasteiger partial charge in [0.15, 0.2) is 0 Å². The fraction of sp³-hybridized carbons (Fsp3) is 0.417. The number of carbonyl (C=O) groups is 1. The molecule has 0 unspecified atom stereocenters. The Morgan fingerprint density at radius 1 is 1.32 bits per heavy atom. The van der Waals surface area contributed by atoms with Gasteiger partial charge in [-0.05, 0) is 32.0 Å². The summed E-state index contributed by atoms with van der Waals surface area (Å²) in [5.41, 5.74) is 5.75. The molecular weight excluding hydrogens is 266 g/mol. The molecule has 1 amide bonds. The van der Waals surface area contributed by atoms with Crippen molar-refractivity contribution in [1.82, 2.24) is 0 Å². The largest absolute Gasteiger partial charge is 0.329 e. The molecule has 0 aromatic heterocycles. The number of anilines is 2. The van der Waals surface area contributed by atoms with Crippen LogP contribution in [0.4, 0.5) is 11.4 Å². The molecule has 106 valence electrons. The van der Waals surface area contributed by atoms with Crippen molar-refractivity contribution in [2.45, 2.75) is 13.8 Å². The van der Waals surface area contributed by atoms with Gasteiger partial charge in [0, 0.05) is 12.2 Å². The number of hydrogen-bond acceptors (Lipinski definition) is 4. The van der Waals surface area contributed by atoms with E-state index in [1.807, 2.05) is 0 Å². The summed E-state index contributed by atoms with van der Waals surface area (Å²) in [4.78, 5) is 11.9. The molecule has 0 bridgehead atoms. The Morgan fingerprint density at radius 3 is 2.42 bits per heavy atom. The molecule has 1 aromatic carbocycles. The van der Waals surface area contributed by atoms with Crippen molar-refractivity contribution in [2.24, 2.45) is 11.1 Å². The number of nitrogens with one attached hydrogen (secondary N) is 2. The molecule has 0 saturated carbocycles. The molecule has 0 radical (unpaired) electrons. The summed E-state index contributed by atoms with van der Waals surface area (Å²) in [7, 11) is -3.34. The van der Waals surface area contributed by atoms with Crippen LogP contribution in [0.15, 0.2) is 24.3 Å². The first-order valence-corrected chi connectivity index (χ1v) is 7.62. The zero-order valence-electron chi connectivity index (χ0n) is 11.2. The van der Waals surface area contributed by atoms with Gasteiger partial charge < -0.3 is 11.1 Å². The first-order valence-electron chi connectivity index (χ1n) is 5.73. The zero-order valence-corrected chi connectivity index (χ0v) is 12.0. The van der Waals surface area contributed by atoms with Gasteiger partial charge in [0.2, 0.25) is 15.9 Å². The van der Waals surface area contributed by atoms with E-state index in [-0.39, 0.29) is 12.5 Å². The quantitative estimate of drug-likeness (QED) is 0.750. The Morgan fingerprint density at radius 2 is 1.89 bits per heavy atom. The van der Waals surface area contributed by atoms with Crippen molar-refractivity contribution in [3.05, 3.63) is 24.3 Å². The van der Waals surface area contributed by atoms with E-state index in [0.717, 1.165) is 6.26 Å². The van der Waals surface area contributed by atoms with Crippen LogP contribution in [0.25, 0.3) is 0 Å². The van der Waals surface area contributed by atoms with E-state index in [9.17, 15) is 13.2 Å². The average Bonchev–Trinajstić information content (AvgIpc) is 2.27. The van der Waals surface area contributed by atoms with Crippen molar-refractivity contribution in [1.29, 1.82) is 0 Å². The predicted molar refractivity (Wildman–Crippen MR) is 76.4 cm³/mol. The third-order valence-corrected chi connectivity index (χ3v) is 3.16. The number of amides is 1. The number of benzene rings is 1. The molecule has 1 aromatic rings. The maximum atomic E-state index is 11.9. The predicted octanol–water partition coefficient (Wildman–Crippen LogP) is 0.981. The van der Waals surface area contributed by atoms with Crippen molar-refractivity contribution in [3.63, 3.8) is 0 Å². The van der Waals surface area contributed by atoms with E-state index in [1.54, 1.807) is 38.1 Å². The van der Waals surface area contributed by atoms with Gasteiger partial charge >= 0.3 is 0 Å². The van der Waals surface area contributed by atoms with Crippen molar-refractivity contribution >= 4 is 27.3 Å². The molecule has 0 spiro atoms. The van der Waals surface area contributed by atoms with Crippen LogP contribution in [0.1, 0.15) is 13.8 Å². The summed E-state index contributed by atoms with van der Waals surface area (Å²) in [5.74, 6) is -0.216. The lowest BCUT2D eigenvalue weighted by Gasteiger charge is -2.21. The summed E-state index contributed by atoms with van der Waals surface area (Å²) in [6.45, 7) is 3.70. The Labute approximate surface area is 113 Å². The second-order valence-corrected chi connectivity index (χ2v) is 6.75. The minimum atomic E-state index is -3.34. The molecule has 0 saturated heterocycles. The number of sulfonamides is 1. The third-order valence-electron chi connectivity index (χ3n) is 2.55. The Kier molecular flexibility index (Phi) is 4.54. The van der Waals surface area contributed by atoms with E-state index in [4.69, 9.17) is 5.73 Å². The number of rotatable bonds is 5. The van der Waals surface area contributed by atoms with Crippen molar-refractivity contribution in [2.75, 3.05) is 22.8 Å². The number of hydrogen-bond donors (Lipinski definition) is 3. The molecule has 0 aliphatic rings. The average molecular weight is 285 g/mol. The lowest BCUT2D eigenvalue weighted by atomic mass is 9.92. The molecule has 0 fully saturated rings. The summed E-state index contributed by atoms with van der Waals surface area (Å²) < 4.78 is 24.6. The van der Waals surface area contributed by atoms with Crippen LogP contribution in [0.2, 0.25) is 0 Å². The minimum Gasteiger partial charge on any atom is -0.329 e. The van der Waals surface area contributed by atoms with Gasteiger partial charge in [-0.3, -0.25) is 9.52 Å². The lowest BCUT2D eigenvalue weighted by molar-refractivity contribution is -0.123. The van der Waals surface area contributed by atoms with Gasteiger partial charge in [-0.1, -0.05) is 6.07 Å². The lowest BCUT2D eigenvalue weighted by Crippen LogP contribution is -2.37. The molecular formula is C12H19N3O3S. The Hall–Kier alpha value is -1.60. The van der Waals surface area contributed by atoms with Gasteiger partial charge in [-0.2, -0.15) is 0 Å². The Bertz CT molecular complexity index is 567. The van der Waals surface area contributed by atoms with E-state index in [2.05, 4.69) is 10.0 Å². The minimum absolute atomic E-state index is 0.216. The van der Waals surface area contributed by atoms with Crippen LogP contribution >= 0.6 is 0 Å². The number of carbonyl (C=O) groups excluding carboxylic acids is 1. The normalized spacial score (nSPS) is 12.0. The Balaban J connectivity index is 2.87. The van der Waals surface area contributed by atoms with Gasteiger partial charge in [-0.15, -0.1) is 0 Å². The smallest absolute Gasteiger partial charge is 0.231 e. The summed E-state index contributed by atoms with van der Waals surface area (Å²) >= 11 is 0. The van der Waals surface area contributed by atoms with Crippen molar-refractivity contribution in [3.8, 4) is 0 Å². The highest BCUT2D eigenvalue weighted by Gasteiger charge is 2.25. The van der Waals surface area contributed by atoms with E-state index < -0.39 is 15.4 Å². The molecule has 0 atom stereocenters. The van der Waals surface area contributed by atoms with Gasteiger partial charge in [0.25, 0.3) is 0 Å². The number of nitrogens with two attached hydrogens (primary N) is 1. The topological polar surface area (TPSA) is 101 Å². The fourth-order valence-corrected chi connectivity index (χ4v) is 1.82. The highest BCUT2D eigenvalue weighted by Crippen LogP contribution is 2.20. The summed E-state index contributed by atoms with van der Waals surface area (Å²) in [6, 6.07) is 6.48. The highest BCUT2D eigenvalue weighted by molar-refractivity contribution is 7.92.